The van der Waals surface area contributed by atoms with Crippen molar-refractivity contribution in [3.05, 3.63) is 52.5 Å². The van der Waals surface area contributed by atoms with Crippen LogP contribution >= 0.6 is 11.6 Å². The Hall–Kier alpha value is -2.44. The standard InChI is InChI=1S/C22H29ClN2O4/c1-6-25(7-2)18(15-10-8-9-11-17(15)23)14-24-22(26)16-12-13-19(27-3)21(29-5)20(16)28-4/h8-13,18H,6-7,14H2,1-5H3,(H,24,26). The van der Waals surface area contributed by atoms with Gasteiger partial charge in [0, 0.05) is 11.6 Å². The quantitative estimate of drug-likeness (QED) is 0.624. The number of rotatable bonds is 10. The second kappa shape index (κ2) is 10.9. The van der Waals surface area contributed by atoms with E-state index in [0.717, 1.165) is 18.7 Å². The maximum atomic E-state index is 13.0. The lowest BCUT2D eigenvalue weighted by atomic mass is 10.0. The van der Waals surface area contributed by atoms with Crippen LogP contribution in [0.2, 0.25) is 5.02 Å². The number of amides is 1. The molecule has 0 fully saturated rings. The first kappa shape index (κ1) is 22.8. The normalized spacial score (nSPS) is 11.8. The number of nitrogens with one attached hydrogen (secondary N) is 1. The van der Waals surface area contributed by atoms with Crippen LogP contribution in [-0.4, -0.2) is 51.8 Å². The Bertz CT molecular complexity index is 824. The number of carbonyl (C=O) groups is 1. The maximum absolute atomic E-state index is 13.0. The van der Waals surface area contributed by atoms with Crippen LogP contribution in [0.5, 0.6) is 17.2 Å². The Morgan fingerprint density at radius 2 is 1.66 bits per heavy atom. The van der Waals surface area contributed by atoms with E-state index in [0.29, 0.717) is 34.4 Å². The topological polar surface area (TPSA) is 60.0 Å². The van der Waals surface area contributed by atoms with Gasteiger partial charge in [-0.3, -0.25) is 9.69 Å². The van der Waals surface area contributed by atoms with Gasteiger partial charge in [0.1, 0.15) is 0 Å². The number of hydrogen-bond acceptors (Lipinski definition) is 5. The van der Waals surface area contributed by atoms with E-state index in [2.05, 4.69) is 24.1 Å². The van der Waals surface area contributed by atoms with Crippen LogP contribution in [0.4, 0.5) is 0 Å². The van der Waals surface area contributed by atoms with E-state index < -0.39 is 0 Å². The number of nitrogens with zero attached hydrogens (tertiary/aromatic N) is 1. The van der Waals surface area contributed by atoms with Gasteiger partial charge >= 0.3 is 0 Å². The molecule has 1 atom stereocenters. The van der Waals surface area contributed by atoms with E-state index >= 15 is 0 Å². The van der Waals surface area contributed by atoms with Gasteiger partial charge in [0.25, 0.3) is 5.91 Å². The summed E-state index contributed by atoms with van der Waals surface area (Å²) in [4.78, 5) is 15.2. The molecule has 0 heterocycles. The van der Waals surface area contributed by atoms with E-state index in [4.69, 9.17) is 25.8 Å². The summed E-state index contributed by atoms with van der Waals surface area (Å²) >= 11 is 6.44. The first-order chi connectivity index (χ1) is 14.0. The molecule has 1 amide bonds. The molecule has 0 bridgehead atoms. The number of methoxy groups -OCH3 is 3. The zero-order valence-electron chi connectivity index (χ0n) is 17.6. The van der Waals surface area contributed by atoms with Gasteiger partial charge < -0.3 is 19.5 Å². The first-order valence-electron chi connectivity index (χ1n) is 9.57. The van der Waals surface area contributed by atoms with Crippen molar-refractivity contribution in [1.82, 2.24) is 10.2 Å². The highest BCUT2D eigenvalue weighted by Gasteiger charge is 2.24. The average molecular weight is 421 g/mol. The molecule has 0 aliphatic heterocycles. The number of ether oxygens (including phenoxy) is 3. The molecule has 0 radical (unpaired) electrons. The van der Waals surface area contributed by atoms with Crippen molar-refractivity contribution >= 4 is 17.5 Å². The number of benzene rings is 2. The predicted molar refractivity (Wildman–Crippen MR) is 116 cm³/mol. The molecule has 2 aromatic rings. The number of hydrogen-bond donors (Lipinski definition) is 1. The summed E-state index contributed by atoms with van der Waals surface area (Å²) in [5.74, 6) is 0.959. The fourth-order valence-electron chi connectivity index (χ4n) is 3.41. The van der Waals surface area contributed by atoms with Crippen LogP contribution in [0.3, 0.4) is 0 Å². The van der Waals surface area contributed by atoms with Crippen molar-refractivity contribution in [3.8, 4) is 17.2 Å². The van der Waals surface area contributed by atoms with Gasteiger partial charge in [0.2, 0.25) is 5.75 Å². The molecule has 2 rings (SSSR count). The Labute approximate surface area is 177 Å². The summed E-state index contributed by atoms with van der Waals surface area (Å²) in [6, 6.07) is 11.0. The summed E-state index contributed by atoms with van der Waals surface area (Å²) in [5, 5.41) is 3.70. The van der Waals surface area contributed by atoms with Crippen LogP contribution in [0.15, 0.2) is 36.4 Å². The van der Waals surface area contributed by atoms with Crippen LogP contribution in [0, 0.1) is 0 Å². The van der Waals surface area contributed by atoms with Crippen molar-refractivity contribution in [2.45, 2.75) is 19.9 Å². The van der Waals surface area contributed by atoms with Gasteiger partial charge in [0.05, 0.1) is 32.9 Å². The third-order valence-corrected chi connectivity index (χ3v) is 5.27. The van der Waals surface area contributed by atoms with Gasteiger partial charge in [0.15, 0.2) is 11.5 Å². The van der Waals surface area contributed by atoms with Gasteiger partial charge in [-0.2, -0.15) is 0 Å². The number of likely N-dealkylation sites (N-methyl/N-ethyl adjacent to an activating group) is 1. The minimum atomic E-state index is -0.257. The Balaban J connectivity index is 2.30. The molecular formula is C22H29ClN2O4. The Kier molecular flexibility index (Phi) is 8.61. The van der Waals surface area contributed by atoms with Gasteiger partial charge in [-0.1, -0.05) is 43.6 Å². The van der Waals surface area contributed by atoms with E-state index in [1.807, 2.05) is 24.3 Å². The minimum Gasteiger partial charge on any atom is -0.493 e. The molecule has 7 heteroatoms. The zero-order chi connectivity index (χ0) is 21.4. The maximum Gasteiger partial charge on any atom is 0.255 e. The lowest BCUT2D eigenvalue weighted by Crippen LogP contribution is -2.38. The van der Waals surface area contributed by atoms with E-state index in [1.54, 1.807) is 12.1 Å². The van der Waals surface area contributed by atoms with Gasteiger partial charge in [-0.05, 0) is 36.9 Å². The SMILES string of the molecule is CCN(CC)C(CNC(=O)c1ccc(OC)c(OC)c1OC)c1ccccc1Cl. The van der Waals surface area contributed by atoms with Crippen molar-refractivity contribution in [2.24, 2.45) is 0 Å². The monoisotopic (exact) mass is 420 g/mol. The average Bonchev–Trinajstić information content (AvgIpc) is 2.75. The highest BCUT2D eigenvalue weighted by atomic mass is 35.5. The Morgan fingerprint density at radius 3 is 2.21 bits per heavy atom. The second-order valence-electron chi connectivity index (χ2n) is 6.35. The molecule has 1 unspecified atom stereocenters. The molecule has 0 saturated carbocycles. The van der Waals surface area contributed by atoms with Crippen molar-refractivity contribution in [2.75, 3.05) is 41.0 Å². The summed E-state index contributed by atoms with van der Waals surface area (Å²) in [6.07, 6.45) is 0. The van der Waals surface area contributed by atoms with Crippen molar-refractivity contribution in [1.29, 1.82) is 0 Å². The van der Waals surface area contributed by atoms with Crippen molar-refractivity contribution < 1.29 is 19.0 Å². The van der Waals surface area contributed by atoms with Crippen LogP contribution < -0.4 is 19.5 Å². The smallest absolute Gasteiger partial charge is 0.255 e. The Morgan fingerprint density at radius 1 is 1.00 bits per heavy atom. The highest BCUT2D eigenvalue weighted by Crippen LogP contribution is 2.39. The molecule has 6 nitrogen and oxygen atoms in total. The molecule has 0 saturated heterocycles. The minimum absolute atomic E-state index is 0.0474. The first-order valence-corrected chi connectivity index (χ1v) is 9.95. The highest BCUT2D eigenvalue weighted by molar-refractivity contribution is 6.31. The summed E-state index contributed by atoms with van der Waals surface area (Å²) in [5.41, 5.74) is 1.36. The molecule has 0 aromatic heterocycles. The number of halogens is 1. The van der Waals surface area contributed by atoms with Crippen LogP contribution in [-0.2, 0) is 0 Å². The second-order valence-corrected chi connectivity index (χ2v) is 6.76. The molecule has 0 aliphatic carbocycles. The van der Waals surface area contributed by atoms with Crippen molar-refractivity contribution in [3.63, 3.8) is 0 Å². The largest absolute Gasteiger partial charge is 0.493 e. The van der Waals surface area contributed by atoms with Gasteiger partial charge in [-0.15, -0.1) is 0 Å². The zero-order valence-corrected chi connectivity index (χ0v) is 18.4. The third kappa shape index (κ3) is 5.14. The summed E-state index contributed by atoms with van der Waals surface area (Å²) < 4.78 is 16.1. The lowest BCUT2D eigenvalue weighted by Gasteiger charge is -2.31. The lowest BCUT2D eigenvalue weighted by molar-refractivity contribution is 0.0931. The molecule has 2 aromatic carbocycles. The predicted octanol–water partition coefficient (Wildman–Crippen LogP) is 4.18. The van der Waals surface area contributed by atoms with E-state index in [9.17, 15) is 4.79 Å². The molecule has 0 aliphatic rings. The fourth-order valence-corrected chi connectivity index (χ4v) is 3.67. The summed E-state index contributed by atoms with van der Waals surface area (Å²) in [6.45, 7) is 6.25. The molecule has 1 N–H and O–H groups in total. The third-order valence-electron chi connectivity index (χ3n) is 4.92. The fraction of sp³-hybridized carbons (Fsp3) is 0.409. The van der Waals surface area contributed by atoms with E-state index in [1.165, 1.54) is 21.3 Å². The van der Waals surface area contributed by atoms with E-state index in [-0.39, 0.29) is 11.9 Å². The molecular weight excluding hydrogens is 392 g/mol. The van der Waals surface area contributed by atoms with Crippen LogP contribution in [0.25, 0.3) is 0 Å². The molecule has 158 valence electrons. The molecule has 29 heavy (non-hydrogen) atoms. The number of carbonyl (C=O) groups excluding carboxylic acids is 1. The van der Waals surface area contributed by atoms with Crippen LogP contribution in [0.1, 0.15) is 35.8 Å². The van der Waals surface area contributed by atoms with Gasteiger partial charge in [-0.25, -0.2) is 0 Å². The molecule has 0 spiro atoms. The summed E-state index contributed by atoms with van der Waals surface area (Å²) in [7, 11) is 4.54.